The van der Waals surface area contributed by atoms with Crippen molar-refractivity contribution >= 4 is 23.2 Å². The lowest BCUT2D eigenvalue weighted by Crippen LogP contribution is -2.05. The van der Waals surface area contributed by atoms with Crippen LogP contribution in [0.15, 0.2) is 30.5 Å². The molecule has 1 aromatic heterocycles. The van der Waals surface area contributed by atoms with Crippen LogP contribution in [-0.4, -0.2) is 16.7 Å². The van der Waals surface area contributed by atoms with Crippen LogP contribution in [0.25, 0.3) is 0 Å². The van der Waals surface area contributed by atoms with Gasteiger partial charge in [0.05, 0.1) is 22.3 Å². The number of halogens is 2. The van der Waals surface area contributed by atoms with Crippen molar-refractivity contribution in [3.8, 4) is 5.75 Å². The highest BCUT2D eigenvalue weighted by molar-refractivity contribution is 6.34. The topological polar surface area (TPSA) is 42.4 Å². The Morgan fingerprint density at radius 3 is 2.95 bits per heavy atom. The second-order valence-electron chi connectivity index (χ2n) is 4.36. The number of benzene rings is 1. The number of hydrogen-bond donors (Lipinski definition) is 1. The molecule has 19 heavy (non-hydrogen) atoms. The fourth-order valence-electron chi connectivity index (χ4n) is 2.23. The van der Waals surface area contributed by atoms with E-state index in [2.05, 4.69) is 4.98 Å². The molecule has 1 unspecified atom stereocenters. The zero-order valence-electron chi connectivity index (χ0n) is 9.94. The Bertz CT molecular complexity index is 631. The van der Waals surface area contributed by atoms with Gasteiger partial charge in [-0.25, -0.2) is 0 Å². The van der Waals surface area contributed by atoms with Gasteiger partial charge >= 0.3 is 0 Å². The van der Waals surface area contributed by atoms with Gasteiger partial charge < -0.3 is 9.84 Å². The Morgan fingerprint density at radius 2 is 2.16 bits per heavy atom. The molecule has 3 rings (SSSR count). The van der Waals surface area contributed by atoms with Crippen molar-refractivity contribution in [2.24, 2.45) is 0 Å². The fraction of sp³-hybridized carbons (Fsp3) is 0.214. The van der Waals surface area contributed by atoms with Gasteiger partial charge in [0.15, 0.2) is 0 Å². The number of aliphatic hydroxyl groups excluding tert-OH is 1. The molecule has 1 N–H and O–H groups in total. The molecule has 1 aliphatic heterocycles. The second kappa shape index (κ2) is 5.00. The summed E-state index contributed by atoms with van der Waals surface area (Å²) in [4.78, 5) is 4.11. The summed E-state index contributed by atoms with van der Waals surface area (Å²) in [7, 11) is 0. The Kier molecular flexibility index (Phi) is 3.35. The van der Waals surface area contributed by atoms with Gasteiger partial charge in [0.2, 0.25) is 0 Å². The van der Waals surface area contributed by atoms with Gasteiger partial charge in [0, 0.05) is 18.2 Å². The summed E-state index contributed by atoms with van der Waals surface area (Å²) < 4.78 is 5.58. The molecule has 1 aliphatic rings. The maximum atomic E-state index is 10.5. The van der Waals surface area contributed by atoms with Gasteiger partial charge in [-0.3, -0.25) is 4.98 Å². The molecule has 0 saturated heterocycles. The van der Waals surface area contributed by atoms with Crippen LogP contribution < -0.4 is 4.74 Å². The molecule has 5 heteroatoms. The second-order valence-corrected chi connectivity index (χ2v) is 5.20. The maximum absolute atomic E-state index is 10.5. The molecule has 0 amide bonds. The molecule has 1 aromatic carbocycles. The molecule has 0 radical (unpaired) electrons. The molecular formula is C14H11Cl2NO2. The van der Waals surface area contributed by atoms with Crippen LogP contribution in [0.3, 0.4) is 0 Å². The summed E-state index contributed by atoms with van der Waals surface area (Å²) in [5, 5.41) is 11.2. The first-order valence-corrected chi connectivity index (χ1v) is 6.66. The minimum Gasteiger partial charge on any atom is -0.493 e. The molecule has 1 atom stereocenters. The molecule has 0 spiro atoms. The number of rotatable bonds is 2. The third-order valence-electron chi connectivity index (χ3n) is 3.13. The van der Waals surface area contributed by atoms with E-state index in [4.69, 9.17) is 27.9 Å². The van der Waals surface area contributed by atoms with Gasteiger partial charge in [-0.2, -0.15) is 0 Å². The molecular weight excluding hydrogens is 285 g/mol. The lowest BCUT2D eigenvalue weighted by Gasteiger charge is -2.15. The molecule has 0 fully saturated rings. The number of hydrogen-bond acceptors (Lipinski definition) is 3. The minimum atomic E-state index is -0.919. The van der Waals surface area contributed by atoms with E-state index in [1.165, 1.54) is 6.20 Å². The smallest absolute Gasteiger partial charge is 0.128 e. The molecule has 0 saturated carbocycles. The summed E-state index contributed by atoms with van der Waals surface area (Å²) in [6, 6.07) is 7.28. The Morgan fingerprint density at radius 1 is 1.32 bits per heavy atom. The monoisotopic (exact) mass is 295 g/mol. The number of para-hydroxylation sites is 1. The average molecular weight is 296 g/mol. The van der Waals surface area contributed by atoms with Gasteiger partial charge in [-0.15, -0.1) is 0 Å². The van der Waals surface area contributed by atoms with E-state index in [1.54, 1.807) is 6.07 Å². The predicted molar refractivity (Wildman–Crippen MR) is 74.0 cm³/mol. The minimum absolute atomic E-state index is 0.343. The van der Waals surface area contributed by atoms with Gasteiger partial charge in [-0.1, -0.05) is 41.4 Å². The molecule has 0 bridgehead atoms. The van der Waals surface area contributed by atoms with E-state index in [9.17, 15) is 5.11 Å². The molecule has 2 aromatic rings. The number of aromatic nitrogens is 1. The molecule has 98 valence electrons. The quantitative estimate of drug-likeness (QED) is 0.923. The van der Waals surface area contributed by atoms with Crippen LogP contribution in [0.2, 0.25) is 10.0 Å². The molecule has 0 aliphatic carbocycles. The molecule has 2 heterocycles. The first-order chi connectivity index (χ1) is 9.16. The van der Waals surface area contributed by atoms with Crippen molar-refractivity contribution in [3.05, 3.63) is 57.3 Å². The number of nitrogens with zero attached hydrogens (tertiary/aromatic N) is 1. The van der Waals surface area contributed by atoms with Crippen molar-refractivity contribution in [1.82, 2.24) is 4.98 Å². The highest BCUT2D eigenvalue weighted by atomic mass is 35.5. The van der Waals surface area contributed by atoms with Crippen LogP contribution in [0, 0.1) is 0 Å². The van der Waals surface area contributed by atoms with E-state index in [0.717, 1.165) is 17.7 Å². The highest BCUT2D eigenvalue weighted by Gasteiger charge is 2.24. The lowest BCUT2D eigenvalue weighted by atomic mass is 10.0. The number of pyridine rings is 1. The first kappa shape index (κ1) is 12.7. The zero-order valence-corrected chi connectivity index (χ0v) is 11.4. The van der Waals surface area contributed by atoms with Gasteiger partial charge in [0.25, 0.3) is 0 Å². The van der Waals surface area contributed by atoms with Crippen LogP contribution in [0.1, 0.15) is 22.9 Å². The largest absolute Gasteiger partial charge is 0.493 e. The number of fused-ring (bicyclic) bond motifs is 1. The van der Waals surface area contributed by atoms with Crippen LogP contribution in [0.5, 0.6) is 5.75 Å². The molecule has 3 nitrogen and oxygen atoms in total. The zero-order chi connectivity index (χ0) is 13.4. The summed E-state index contributed by atoms with van der Waals surface area (Å²) in [6.07, 6.45) is 1.41. The van der Waals surface area contributed by atoms with Crippen molar-refractivity contribution in [2.45, 2.75) is 12.5 Å². The summed E-state index contributed by atoms with van der Waals surface area (Å²) in [5.41, 5.74) is 2.17. The highest BCUT2D eigenvalue weighted by Crippen LogP contribution is 2.37. The van der Waals surface area contributed by atoms with Crippen molar-refractivity contribution in [3.63, 3.8) is 0 Å². The fourth-order valence-corrected chi connectivity index (χ4v) is 2.71. The van der Waals surface area contributed by atoms with E-state index in [-0.39, 0.29) is 0 Å². The third-order valence-corrected chi connectivity index (χ3v) is 3.64. The normalized spacial score (nSPS) is 14.9. The summed E-state index contributed by atoms with van der Waals surface area (Å²) >= 11 is 11.9. The lowest BCUT2D eigenvalue weighted by molar-refractivity contribution is 0.209. The number of aliphatic hydroxyl groups is 1. The van der Waals surface area contributed by atoms with Crippen LogP contribution in [0.4, 0.5) is 0 Å². The maximum Gasteiger partial charge on any atom is 0.128 e. The standard InChI is InChI=1S/C14H11Cl2NO2/c15-9-6-11(16)12(17-7-9)13(18)10-3-1-2-8-4-5-19-14(8)10/h1-3,6-7,13,18H,4-5H2. The van der Waals surface area contributed by atoms with Crippen LogP contribution >= 0.6 is 23.2 Å². The van der Waals surface area contributed by atoms with Crippen LogP contribution in [-0.2, 0) is 6.42 Å². The third kappa shape index (κ3) is 2.29. The Balaban J connectivity index is 2.05. The summed E-state index contributed by atoms with van der Waals surface area (Å²) in [6.45, 7) is 0.640. The Labute approximate surface area is 120 Å². The van der Waals surface area contributed by atoms with Gasteiger partial charge in [-0.05, 0) is 11.6 Å². The van der Waals surface area contributed by atoms with E-state index < -0.39 is 6.10 Å². The van der Waals surface area contributed by atoms with E-state index >= 15 is 0 Å². The van der Waals surface area contributed by atoms with E-state index in [1.807, 2.05) is 18.2 Å². The SMILES string of the molecule is OC(c1cccc2c1OCC2)c1ncc(Cl)cc1Cl. The van der Waals surface area contributed by atoms with Crippen molar-refractivity contribution in [1.29, 1.82) is 0 Å². The Hall–Kier alpha value is -1.29. The predicted octanol–water partition coefficient (Wildman–Crippen LogP) is 3.41. The van der Waals surface area contributed by atoms with Crippen molar-refractivity contribution in [2.75, 3.05) is 6.61 Å². The number of ether oxygens (including phenoxy) is 1. The van der Waals surface area contributed by atoms with E-state index in [0.29, 0.717) is 27.9 Å². The average Bonchev–Trinajstić information content (AvgIpc) is 2.86. The van der Waals surface area contributed by atoms with Crippen molar-refractivity contribution < 1.29 is 9.84 Å². The first-order valence-electron chi connectivity index (χ1n) is 5.90. The summed E-state index contributed by atoms with van der Waals surface area (Å²) in [5.74, 6) is 0.739. The van der Waals surface area contributed by atoms with Gasteiger partial charge in [0.1, 0.15) is 11.9 Å².